The first kappa shape index (κ1) is 7.78. The molecule has 2 rings (SSSR count). The molecule has 0 radical (unpaired) electrons. The van der Waals surface area contributed by atoms with Crippen LogP contribution in [0.1, 0.15) is 38.5 Å². The van der Waals surface area contributed by atoms with Crippen LogP contribution < -0.4 is 0 Å². The molecule has 0 aromatic heterocycles. The minimum atomic E-state index is 0.386. The molecule has 12 heavy (non-hydrogen) atoms. The standard InChI is InChI=1S/C11H14O/c1-8-6-7-11(12)10-5-3-2-4-9(8)10/h1-7H2. The van der Waals surface area contributed by atoms with E-state index in [1.807, 2.05) is 0 Å². The third kappa shape index (κ3) is 1.13. The van der Waals surface area contributed by atoms with Crippen molar-refractivity contribution in [3.63, 3.8) is 0 Å². The van der Waals surface area contributed by atoms with Gasteiger partial charge in [0.2, 0.25) is 0 Å². The lowest BCUT2D eigenvalue weighted by Crippen LogP contribution is -2.16. The maximum absolute atomic E-state index is 11.5. The van der Waals surface area contributed by atoms with Gasteiger partial charge in [0.25, 0.3) is 0 Å². The highest BCUT2D eigenvalue weighted by Gasteiger charge is 2.24. The fourth-order valence-electron chi connectivity index (χ4n) is 2.17. The van der Waals surface area contributed by atoms with Crippen molar-refractivity contribution in [3.8, 4) is 0 Å². The van der Waals surface area contributed by atoms with E-state index in [0.29, 0.717) is 12.2 Å². The molecule has 0 spiro atoms. The lowest BCUT2D eigenvalue weighted by atomic mass is 9.79. The van der Waals surface area contributed by atoms with E-state index in [9.17, 15) is 4.79 Å². The molecule has 0 N–H and O–H groups in total. The number of carbonyl (C=O) groups is 1. The smallest absolute Gasteiger partial charge is 0.159 e. The van der Waals surface area contributed by atoms with Gasteiger partial charge in [-0.2, -0.15) is 0 Å². The van der Waals surface area contributed by atoms with Gasteiger partial charge in [-0.1, -0.05) is 12.2 Å². The van der Waals surface area contributed by atoms with E-state index in [1.54, 1.807) is 0 Å². The van der Waals surface area contributed by atoms with Crippen LogP contribution in [0.5, 0.6) is 0 Å². The summed E-state index contributed by atoms with van der Waals surface area (Å²) < 4.78 is 0. The zero-order chi connectivity index (χ0) is 8.55. The lowest BCUT2D eigenvalue weighted by molar-refractivity contribution is -0.116. The van der Waals surface area contributed by atoms with Crippen LogP contribution in [-0.2, 0) is 4.79 Å². The van der Waals surface area contributed by atoms with Crippen molar-refractivity contribution in [1.82, 2.24) is 0 Å². The van der Waals surface area contributed by atoms with Crippen molar-refractivity contribution in [2.75, 3.05) is 0 Å². The molecule has 0 saturated heterocycles. The van der Waals surface area contributed by atoms with E-state index in [4.69, 9.17) is 0 Å². The number of ketones is 1. The molecule has 2 aliphatic carbocycles. The summed E-state index contributed by atoms with van der Waals surface area (Å²) in [5.41, 5.74) is 3.64. The monoisotopic (exact) mass is 162 g/mol. The zero-order valence-electron chi connectivity index (χ0n) is 7.36. The number of rotatable bonds is 0. The largest absolute Gasteiger partial charge is 0.295 e. The van der Waals surface area contributed by atoms with Crippen LogP contribution in [0.25, 0.3) is 0 Å². The molecule has 2 aliphatic rings. The maximum atomic E-state index is 11.5. The Kier molecular flexibility index (Phi) is 1.87. The molecule has 0 amide bonds. The second-order valence-electron chi connectivity index (χ2n) is 3.69. The highest BCUT2D eigenvalue weighted by molar-refractivity contribution is 5.98. The predicted octanol–water partition coefficient (Wildman–Crippen LogP) is 2.78. The highest BCUT2D eigenvalue weighted by Crippen LogP contribution is 2.35. The minimum Gasteiger partial charge on any atom is -0.295 e. The summed E-state index contributed by atoms with van der Waals surface area (Å²) in [6.45, 7) is 4.02. The summed E-state index contributed by atoms with van der Waals surface area (Å²) in [4.78, 5) is 11.5. The number of Topliss-reactive ketones (excluding diaryl/α,β-unsaturated/α-hetero) is 1. The summed E-state index contributed by atoms with van der Waals surface area (Å²) in [5.74, 6) is 0.386. The number of carbonyl (C=O) groups excluding carboxylic acids is 1. The van der Waals surface area contributed by atoms with Crippen molar-refractivity contribution < 1.29 is 4.79 Å². The van der Waals surface area contributed by atoms with Crippen LogP contribution in [0, 0.1) is 0 Å². The molecule has 0 bridgehead atoms. The van der Waals surface area contributed by atoms with Crippen LogP contribution >= 0.6 is 0 Å². The van der Waals surface area contributed by atoms with Crippen LogP contribution in [0.3, 0.4) is 0 Å². The molecule has 0 unspecified atom stereocenters. The summed E-state index contributed by atoms with van der Waals surface area (Å²) in [5, 5.41) is 0. The van der Waals surface area contributed by atoms with Gasteiger partial charge >= 0.3 is 0 Å². The molecular weight excluding hydrogens is 148 g/mol. The molecule has 0 aromatic rings. The third-order valence-electron chi connectivity index (χ3n) is 2.89. The Morgan fingerprint density at radius 1 is 0.917 bits per heavy atom. The Labute approximate surface area is 73.2 Å². The summed E-state index contributed by atoms with van der Waals surface area (Å²) >= 11 is 0. The summed E-state index contributed by atoms with van der Waals surface area (Å²) in [6.07, 6.45) is 6.14. The van der Waals surface area contributed by atoms with E-state index >= 15 is 0 Å². The van der Waals surface area contributed by atoms with Crippen molar-refractivity contribution in [3.05, 3.63) is 23.3 Å². The van der Waals surface area contributed by atoms with E-state index in [2.05, 4.69) is 6.58 Å². The van der Waals surface area contributed by atoms with Crippen LogP contribution in [0.4, 0.5) is 0 Å². The van der Waals surface area contributed by atoms with Gasteiger partial charge in [-0.05, 0) is 43.3 Å². The van der Waals surface area contributed by atoms with Crippen LogP contribution in [0.2, 0.25) is 0 Å². The second kappa shape index (κ2) is 2.89. The van der Waals surface area contributed by atoms with Gasteiger partial charge in [0.15, 0.2) is 5.78 Å². The molecule has 0 atom stereocenters. The first-order valence-electron chi connectivity index (χ1n) is 4.72. The molecular formula is C11H14O. The van der Waals surface area contributed by atoms with Gasteiger partial charge in [0, 0.05) is 6.42 Å². The molecule has 0 fully saturated rings. The van der Waals surface area contributed by atoms with Crippen LogP contribution in [0.15, 0.2) is 23.3 Å². The van der Waals surface area contributed by atoms with Gasteiger partial charge in [0.1, 0.15) is 0 Å². The molecule has 64 valence electrons. The Hall–Kier alpha value is -0.850. The van der Waals surface area contributed by atoms with Gasteiger partial charge in [-0.3, -0.25) is 4.79 Å². The Morgan fingerprint density at radius 3 is 2.25 bits per heavy atom. The maximum Gasteiger partial charge on any atom is 0.159 e. The Morgan fingerprint density at radius 2 is 1.58 bits per heavy atom. The fourth-order valence-corrected chi connectivity index (χ4v) is 2.17. The van der Waals surface area contributed by atoms with E-state index < -0.39 is 0 Å². The fraction of sp³-hybridized carbons (Fsp3) is 0.545. The van der Waals surface area contributed by atoms with Crippen molar-refractivity contribution in [2.45, 2.75) is 38.5 Å². The first-order chi connectivity index (χ1) is 5.79. The quantitative estimate of drug-likeness (QED) is 0.535. The lowest BCUT2D eigenvalue weighted by Gasteiger charge is -2.25. The average molecular weight is 162 g/mol. The van der Waals surface area contributed by atoms with Gasteiger partial charge in [-0.15, -0.1) is 0 Å². The molecule has 1 nitrogen and oxygen atoms in total. The Bertz CT molecular complexity index is 243. The average Bonchev–Trinajstić information content (AvgIpc) is 2.12. The normalized spacial score (nSPS) is 24.3. The van der Waals surface area contributed by atoms with E-state index in [1.165, 1.54) is 24.0 Å². The van der Waals surface area contributed by atoms with Crippen molar-refractivity contribution >= 4 is 5.78 Å². The van der Waals surface area contributed by atoms with E-state index in [0.717, 1.165) is 24.8 Å². The first-order valence-corrected chi connectivity index (χ1v) is 4.72. The second-order valence-corrected chi connectivity index (χ2v) is 3.69. The number of allylic oxidation sites excluding steroid dienone is 3. The molecule has 0 aliphatic heterocycles. The molecule has 0 saturated carbocycles. The summed E-state index contributed by atoms with van der Waals surface area (Å²) in [7, 11) is 0. The van der Waals surface area contributed by atoms with Crippen molar-refractivity contribution in [2.24, 2.45) is 0 Å². The number of hydrogen-bond acceptors (Lipinski definition) is 1. The molecule has 1 heteroatoms. The highest BCUT2D eigenvalue weighted by atomic mass is 16.1. The zero-order valence-corrected chi connectivity index (χ0v) is 7.36. The van der Waals surface area contributed by atoms with Crippen molar-refractivity contribution in [1.29, 1.82) is 0 Å². The van der Waals surface area contributed by atoms with Gasteiger partial charge in [-0.25, -0.2) is 0 Å². The predicted molar refractivity (Wildman–Crippen MR) is 48.9 cm³/mol. The van der Waals surface area contributed by atoms with E-state index in [-0.39, 0.29) is 0 Å². The number of hydrogen-bond donors (Lipinski definition) is 0. The van der Waals surface area contributed by atoms with Crippen LogP contribution in [-0.4, -0.2) is 5.78 Å². The topological polar surface area (TPSA) is 17.1 Å². The summed E-state index contributed by atoms with van der Waals surface area (Å²) in [6, 6.07) is 0. The molecule has 0 aromatic carbocycles. The third-order valence-corrected chi connectivity index (χ3v) is 2.89. The minimum absolute atomic E-state index is 0.386. The Balaban J connectivity index is 2.39. The molecule has 0 heterocycles. The SMILES string of the molecule is C=C1CCC(=O)C2=C1CCCC2. The van der Waals surface area contributed by atoms with Gasteiger partial charge < -0.3 is 0 Å². The van der Waals surface area contributed by atoms with Gasteiger partial charge in [0.05, 0.1) is 0 Å².